The van der Waals surface area contributed by atoms with E-state index in [9.17, 15) is 14.3 Å². The quantitative estimate of drug-likeness (QED) is 0.693. The lowest BCUT2D eigenvalue weighted by Crippen LogP contribution is -2.10. The van der Waals surface area contributed by atoms with Gasteiger partial charge < -0.3 is 10.0 Å². The normalized spacial score (nSPS) is 11.4. The molecule has 0 spiro atoms. The van der Waals surface area contributed by atoms with Crippen molar-refractivity contribution >= 4 is 39.6 Å². The van der Waals surface area contributed by atoms with Gasteiger partial charge in [0.1, 0.15) is 21.9 Å². The van der Waals surface area contributed by atoms with Crippen molar-refractivity contribution in [3.8, 4) is 17.2 Å². The van der Waals surface area contributed by atoms with Crippen molar-refractivity contribution in [2.75, 3.05) is 16.3 Å². The first-order valence-corrected chi connectivity index (χ1v) is 10.0. The van der Waals surface area contributed by atoms with E-state index in [0.717, 1.165) is 22.5 Å². The van der Waals surface area contributed by atoms with Gasteiger partial charge >= 0.3 is 0 Å². The molecule has 3 aromatic rings. The maximum atomic E-state index is 12.6. The minimum atomic E-state index is -1.19. The molecule has 0 saturated carbocycles. The van der Waals surface area contributed by atoms with Gasteiger partial charge in [0.15, 0.2) is 0 Å². The molecule has 2 aromatic carbocycles. The summed E-state index contributed by atoms with van der Waals surface area (Å²) in [6, 6.07) is 20.4. The monoisotopic (exact) mass is 381 g/mol. The summed E-state index contributed by atoms with van der Waals surface area (Å²) in [6.07, 6.45) is 1.53. The van der Waals surface area contributed by atoms with E-state index >= 15 is 0 Å². The molecule has 7 heteroatoms. The summed E-state index contributed by atoms with van der Waals surface area (Å²) in [4.78, 5) is 13.5. The molecule has 1 aromatic heterocycles. The zero-order chi connectivity index (χ0) is 18.5. The van der Waals surface area contributed by atoms with Gasteiger partial charge in [0, 0.05) is 23.2 Å². The second-order valence-corrected chi connectivity index (χ2v) is 7.59. The van der Waals surface area contributed by atoms with Crippen LogP contribution in [-0.2, 0) is 11.0 Å². The largest absolute Gasteiger partial charge is 0.321 e. The maximum Gasteiger partial charge on any atom is 0.265 e. The summed E-state index contributed by atoms with van der Waals surface area (Å²) in [5.41, 5.74) is 2.88. The number of rotatable bonds is 5. The molecule has 3 rings (SSSR count). The predicted octanol–water partition coefficient (Wildman–Crippen LogP) is 4.24. The fourth-order valence-electron chi connectivity index (χ4n) is 2.44. The van der Waals surface area contributed by atoms with Crippen molar-refractivity contribution in [2.45, 2.75) is 0 Å². The molecule has 0 saturated heterocycles. The minimum absolute atomic E-state index is 0.288. The summed E-state index contributed by atoms with van der Waals surface area (Å²) in [6.45, 7) is 0. The van der Waals surface area contributed by atoms with E-state index in [4.69, 9.17) is 0 Å². The zero-order valence-electron chi connectivity index (χ0n) is 13.9. The van der Waals surface area contributed by atoms with Gasteiger partial charge in [0.25, 0.3) is 5.91 Å². The van der Waals surface area contributed by atoms with Crippen molar-refractivity contribution in [3.05, 3.63) is 70.4 Å². The van der Waals surface area contributed by atoms with Crippen molar-refractivity contribution in [3.63, 3.8) is 0 Å². The van der Waals surface area contributed by atoms with Crippen LogP contribution in [0.3, 0.4) is 0 Å². The first-order chi connectivity index (χ1) is 12.6. The number of carbonyl (C=O) groups is 1. The molecular weight excluding hydrogens is 366 g/mol. The van der Waals surface area contributed by atoms with Crippen LogP contribution in [0.1, 0.15) is 14.5 Å². The van der Waals surface area contributed by atoms with Crippen molar-refractivity contribution in [2.24, 2.45) is 0 Å². The highest BCUT2D eigenvalue weighted by atomic mass is 32.2. The molecule has 1 amide bonds. The number of benzene rings is 2. The molecule has 0 aliphatic carbocycles. The van der Waals surface area contributed by atoms with E-state index in [-0.39, 0.29) is 5.91 Å². The minimum Gasteiger partial charge on any atom is -0.321 e. The first kappa shape index (κ1) is 17.9. The molecule has 2 N–H and O–H groups in total. The molecule has 0 aliphatic heterocycles. The second-order valence-electron chi connectivity index (χ2n) is 5.42. The number of nitrogens with zero attached hydrogens (tertiary/aromatic N) is 1. The highest BCUT2D eigenvalue weighted by molar-refractivity contribution is 7.85. The molecular formula is C19H15N3O2S2. The molecule has 26 heavy (non-hydrogen) atoms. The Morgan fingerprint density at radius 1 is 1.08 bits per heavy atom. The third-order valence-electron chi connectivity index (χ3n) is 3.52. The number of nitrogens with one attached hydrogen (secondary N) is 2. The standard InChI is InChI=1S/C19H15N3O2S2/c1-26(24)22-15-9-5-8-14(10-15)21-19(23)17-11-16(18(12-20)25-17)13-6-3-2-4-7-13/h2-11,22H,1H3,(H,21,23). The van der Waals surface area contributed by atoms with Crippen LogP contribution in [0, 0.1) is 11.3 Å². The molecule has 1 heterocycles. The van der Waals surface area contributed by atoms with Crippen LogP contribution in [0.25, 0.3) is 11.1 Å². The number of carbonyl (C=O) groups excluding carboxylic acids is 1. The topological polar surface area (TPSA) is 82.0 Å². The Hall–Kier alpha value is -2.95. The van der Waals surface area contributed by atoms with Gasteiger partial charge in [0.2, 0.25) is 0 Å². The molecule has 0 aliphatic rings. The van der Waals surface area contributed by atoms with E-state index in [1.165, 1.54) is 6.26 Å². The fraction of sp³-hybridized carbons (Fsp3) is 0.0526. The van der Waals surface area contributed by atoms with Crippen LogP contribution in [-0.4, -0.2) is 16.4 Å². The van der Waals surface area contributed by atoms with E-state index in [1.807, 2.05) is 30.3 Å². The summed E-state index contributed by atoms with van der Waals surface area (Å²) in [5.74, 6) is -0.288. The number of anilines is 2. The van der Waals surface area contributed by atoms with E-state index < -0.39 is 11.0 Å². The number of hydrogen-bond donors (Lipinski definition) is 2. The highest BCUT2D eigenvalue weighted by Crippen LogP contribution is 2.31. The van der Waals surface area contributed by atoms with Crippen LogP contribution in [0.5, 0.6) is 0 Å². The average Bonchev–Trinajstić information content (AvgIpc) is 3.07. The Morgan fingerprint density at radius 2 is 1.81 bits per heavy atom. The Labute approximate surface area is 157 Å². The Kier molecular flexibility index (Phi) is 5.46. The maximum absolute atomic E-state index is 12.6. The van der Waals surface area contributed by atoms with Gasteiger partial charge in [-0.05, 0) is 29.8 Å². The number of nitriles is 1. The Balaban J connectivity index is 1.84. The second kappa shape index (κ2) is 7.95. The van der Waals surface area contributed by atoms with Crippen molar-refractivity contribution in [1.29, 1.82) is 5.26 Å². The summed E-state index contributed by atoms with van der Waals surface area (Å²) in [5, 5.41) is 12.2. The molecule has 0 radical (unpaired) electrons. The molecule has 1 unspecified atom stereocenters. The molecule has 1 atom stereocenters. The lowest BCUT2D eigenvalue weighted by molar-refractivity contribution is 0.103. The summed E-state index contributed by atoms with van der Waals surface area (Å²) < 4.78 is 14.0. The van der Waals surface area contributed by atoms with Gasteiger partial charge in [-0.25, -0.2) is 4.21 Å². The van der Waals surface area contributed by atoms with E-state index in [1.54, 1.807) is 30.3 Å². The fourth-order valence-corrected chi connectivity index (χ4v) is 3.77. The molecule has 5 nitrogen and oxygen atoms in total. The smallest absolute Gasteiger partial charge is 0.265 e. The SMILES string of the molecule is CS(=O)Nc1cccc(NC(=O)c2cc(-c3ccccc3)c(C#N)s2)c1. The van der Waals surface area contributed by atoms with E-state index in [2.05, 4.69) is 16.1 Å². The third kappa shape index (κ3) is 4.17. The Morgan fingerprint density at radius 3 is 2.50 bits per heavy atom. The number of amides is 1. The number of thiophene rings is 1. The van der Waals surface area contributed by atoms with Crippen molar-refractivity contribution in [1.82, 2.24) is 0 Å². The van der Waals surface area contributed by atoms with Gasteiger partial charge in [-0.3, -0.25) is 4.79 Å². The lowest BCUT2D eigenvalue weighted by Gasteiger charge is -2.07. The Bertz CT molecular complexity index is 1010. The summed E-state index contributed by atoms with van der Waals surface area (Å²) >= 11 is 1.16. The van der Waals surface area contributed by atoms with Crippen LogP contribution in [0.2, 0.25) is 0 Å². The number of hydrogen-bond acceptors (Lipinski definition) is 4. The highest BCUT2D eigenvalue weighted by Gasteiger charge is 2.16. The van der Waals surface area contributed by atoms with Crippen LogP contribution < -0.4 is 10.0 Å². The van der Waals surface area contributed by atoms with Crippen LogP contribution in [0.15, 0.2) is 60.7 Å². The van der Waals surface area contributed by atoms with Crippen LogP contribution in [0.4, 0.5) is 11.4 Å². The molecule has 0 fully saturated rings. The van der Waals surface area contributed by atoms with E-state index in [0.29, 0.717) is 21.1 Å². The van der Waals surface area contributed by atoms with Gasteiger partial charge in [-0.1, -0.05) is 36.4 Å². The lowest BCUT2D eigenvalue weighted by atomic mass is 10.1. The van der Waals surface area contributed by atoms with Crippen molar-refractivity contribution < 1.29 is 9.00 Å². The zero-order valence-corrected chi connectivity index (χ0v) is 15.5. The third-order valence-corrected chi connectivity index (χ3v) is 5.09. The predicted molar refractivity (Wildman–Crippen MR) is 107 cm³/mol. The molecule has 0 bridgehead atoms. The summed E-state index contributed by atoms with van der Waals surface area (Å²) in [7, 11) is -1.19. The van der Waals surface area contributed by atoms with Crippen LogP contribution >= 0.6 is 11.3 Å². The van der Waals surface area contributed by atoms with Gasteiger partial charge in [-0.15, -0.1) is 11.3 Å². The first-order valence-electron chi connectivity index (χ1n) is 7.67. The molecule has 130 valence electrons. The average molecular weight is 381 g/mol. The van der Waals surface area contributed by atoms with Gasteiger partial charge in [-0.2, -0.15) is 5.26 Å². The van der Waals surface area contributed by atoms with Gasteiger partial charge in [0.05, 0.1) is 4.88 Å².